The first-order chi connectivity index (χ1) is 17.4. The molecule has 0 radical (unpaired) electrons. The number of aromatic nitrogens is 4. The zero-order chi connectivity index (χ0) is 27.1. The van der Waals surface area contributed by atoms with Crippen molar-refractivity contribution in [3.63, 3.8) is 0 Å². The van der Waals surface area contributed by atoms with Crippen LogP contribution in [0.25, 0.3) is 22.2 Å². The molecule has 1 aromatic carbocycles. The van der Waals surface area contributed by atoms with E-state index >= 15 is 0 Å². The summed E-state index contributed by atoms with van der Waals surface area (Å²) < 4.78 is 10.3. The standard InChI is InChI=1S/C28H34ClN5O3/c1-16-18(3)34(15-19-13-30-33(7)14-19)26-22(16)24(20-9-11-21(29)12-10-20)23(17(2)31-26)25(27(35)32-36-8)37-28(4,5)6/h9-14,25H,15H2,1-8H3,(H,32,35). The van der Waals surface area contributed by atoms with Crippen LogP contribution in [0.15, 0.2) is 36.7 Å². The third-order valence-corrected chi connectivity index (χ3v) is 6.64. The molecule has 3 heterocycles. The van der Waals surface area contributed by atoms with Crippen LogP contribution in [0.4, 0.5) is 0 Å². The lowest BCUT2D eigenvalue weighted by atomic mass is 9.90. The lowest BCUT2D eigenvalue weighted by Gasteiger charge is -2.29. The fraction of sp³-hybridized carbons (Fsp3) is 0.393. The first-order valence-electron chi connectivity index (χ1n) is 12.1. The van der Waals surface area contributed by atoms with Gasteiger partial charge in [-0.25, -0.2) is 10.5 Å². The van der Waals surface area contributed by atoms with Crippen molar-refractivity contribution in [3.05, 3.63) is 69.8 Å². The summed E-state index contributed by atoms with van der Waals surface area (Å²) >= 11 is 6.25. The van der Waals surface area contributed by atoms with Crippen molar-refractivity contribution in [2.75, 3.05) is 7.11 Å². The van der Waals surface area contributed by atoms with Crippen LogP contribution >= 0.6 is 11.6 Å². The van der Waals surface area contributed by atoms with Crippen molar-refractivity contribution in [2.45, 2.75) is 59.8 Å². The van der Waals surface area contributed by atoms with Crippen LogP contribution in [0.3, 0.4) is 0 Å². The Labute approximate surface area is 222 Å². The summed E-state index contributed by atoms with van der Waals surface area (Å²) in [5.41, 5.74) is 9.16. The van der Waals surface area contributed by atoms with E-state index in [-0.39, 0.29) is 0 Å². The van der Waals surface area contributed by atoms with E-state index in [1.165, 1.54) is 7.11 Å². The third-order valence-electron chi connectivity index (χ3n) is 6.39. The van der Waals surface area contributed by atoms with Crippen LogP contribution in [0.5, 0.6) is 0 Å². The van der Waals surface area contributed by atoms with Gasteiger partial charge in [-0.15, -0.1) is 0 Å². The number of benzene rings is 1. The molecule has 4 aromatic rings. The lowest BCUT2D eigenvalue weighted by molar-refractivity contribution is -0.153. The average molecular weight is 524 g/mol. The van der Waals surface area contributed by atoms with Gasteiger partial charge in [0.05, 0.1) is 25.5 Å². The number of ether oxygens (including phenoxy) is 1. The Hall–Kier alpha value is -3.20. The Balaban J connectivity index is 2.07. The fourth-order valence-corrected chi connectivity index (χ4v) is 4.84. The summed E-state index contributed by atoms with van der Waals surface area (Å²) in [7, 11) is 3.32. The normalized spacial score (nSPS) is 12.8. The predicted molar refractivity (Wildman–Crippen MR) is 145 cm³/mol. The monoisotopic (exact) mass is 523 g/mol. The van der Waals surface area contributed by atoms with Gasteiger partial charge in [0.1, 0.15) is 5.65 Å². The van der Waals surface area contributed by atoms with E-state index in [4.69, 9.17) is 26.2 Å². The summed E-state index contributed by atoms with van der Waals surface area (Å²) in [4.78, 5) is 23.4. The van der Waals surface area contributed by atoms with Crippen molar-refractivity contribution in [2.24, 2.45) is 7.05 Å². The van der Waals surface area contributed by atoms with E-state index in [2.05, 4.69) is 29.0 Å². The highest BCUT2D eigenvalue weighted by molar-refractivity contribution is 6.30. The average Bonchev–Trinajstić information content (AvgIpc) is 3.33. The first-order valence-corrected chi connectivity index (χ1v) is 12.5. The molecule has 4 rings (SSSR count). The topological polar surface area (TPSA) is 83.2 Å². The van der Waals surface area contributed by atoms with Gasteiger partial charge in [0.25, 0.3) is 5.91 Å². The number of pyridine rings is 1. The Morgan fingerprint density at radius 3 is 2.41 bits per heavy atom. The van der Waals surface area contributed by atoms with Crippen molar-refractivity contribution in [3.8, 4) is 11.1 Å². The number of aryl methyl sites for hydroxylation is 3. The molecule has 0 aliphatic heterocycles. The molecule has 9 heteroatoms. The maximum atomic E-state index is 13.3. The van der Waals surface area contributed by atoms with E-state index in [9.17, 15) is 4.79 Å². The van der Waals surface area contributed by atoms with Crippen molar-refractivity contribution < 1.29 is 14.4 Å². The zero-order valence-corrected chi connectivity index (χ0v) is 23.4. The third kappa shape index (κ3) is 5.42. The number of amides is 1. The van der Waals surface area contributed by atoms with Crippen molar-refractivity contribution >= 4 is 28.5 Å². The Morgan fingerprint density at radius 2 is 1.84 bits per heavy atom. The fourth-order valence-electron chi connectivity index (χ4n) is 4.71. The predicted octanol–water partition coefficient (Wildman–Crippen LogP) is 5.60. The number of halogens is 1. The van der Waals surface area contributed by atoms with Gasteiger partial charge in [-0.2, -0.15) is 5.10 Å². The van der Waals surface area contributed by atoms with E-state index in [0.29, 0.717) is 22.8 Å². The zero-order valence-electron chi connectivity index (χ0n) is 22.6. The van der Waals surface area contributed by atoms with Gasteiger partial charge >= 0.3 is 0 Å². The minimum atomic E-state index is -0.955. The molecule has 37 heavy (non-hydrogen) atoms. The molecular weight excluding hydrogens is 490 g/mol. The van der Waals surface area contributed by atoms with Gasteiger partial charge in [-0.3, -0.25) is 14.3 Å². The van der Waals surface area contributed by atoms with Crippen LogP contribution in [0.2, 0.25) is 5.02 Å². The summed E-state index contributed by atoms with van der Waals surface area (Å²) in [6, 6.07) is 7.64. The summed E-state index contributed by atoms with van der Waals surface area (Å²) in [6.45, 7) is 12.5. The van der Waals surface area contributed by atoms with Crippen LogP contribution in [-0.4, -0.2) is 37.9 Å². The molecule has 0 bridgehead atoms. The molecule has 0 saturated carbocycles. The van der Waals surface area contributed by atoms with Gasteiger partial charge in [0.15, 0.2) is 6.10 Å². The van der Waals surface area contributed by atoms with Crippen LogP contribution in [-0.2, 0) is 28.0 Å². The number of fused-ring (bicyclic) bond motifs is 1. The van der Waals surface area contributed by atoms with E-state index in [1.807, 2.05) is 71.4 Å². The molecule has 1 N–H and O–H groups in total. The number of nitrogens with zero attached hydrogens (tertiary/aromatic N) is 4. The second kappa shape index (κ2) is 10.3. The lowest BCUT2D eigenvalue weighted by Crippen LogP contribution is -2.35. The molecular formula is C28H34ClN5O3. The van der Waals surface area contributed by atoms with Gasteiger partial charge < -0.3 is 9.30 Å². The van der Waals surface area contributed by atoms with Gasteiger partial charge in [0, 0.05) is 51.7 Å². The first kappa shape index (κ1) is 26.9. The summed E-state index contributed by atoms with van der Waals surface area (Å²) in [5.74, 6) is -0.402. The van der Waals surface area contributed by atoms with Crippen molar-refractivity contribution in [1.29, 1.82) is 0 Å². The number of hydrogen-bond donors (Lipinski definition) is 1. The highest BCUT2D eigenvalue weighted by Crippen LogP contribution is 2.42. The molecule has 196 valence electrons. The summed E-state index contributed by atoms with van der Waals surface area (Å²) in [6.07, 6.45) is 2.91. The largest absolute Gasteiger partial charge is 0.358 e. The molecule has 0 aliphatic carbocycles. The molecule has 0 saturated heterocycles. The number of carbonyl (C=O) groups excluding carboxylic acids is 1. The Morgan fingerprint density at radius 1 is 1.16 bits per heavy atom. The van der Waals surface area contributed by atoms with E-state index < -0.39 is 17.6 Å². The highest BCUT2D eigenvalue weighted by Gasteiger charge is 2.34. The van der Waals surface area contributed by atoms with Crippen molar-refractivity contribution in [1.82, 2.24) is 24.8 Å². The maximum Gasteiger partial charge on any atom is 0.277 e. The minimum absolute atomic E-state index is 0.402. The molecule has 3 aromatic heterocycles. The van der Waals surface area contributed by atoms with Crippen LogP contribution < -0.4 is 5.48 Å². The molecule has 1 atom stereocenters. The van der Waals surface area contributed by atoms with Gasteiger partial charge in [0.2, 0.25) is 0 Å². The number of hydrogen-bond acceptors (Lipinski definition) is 5. The number of hydroxylamine groups is 1. The van der Waals surface area contributed by atoms with Gasteiger partial charge in [-0.05, 0) is 64.8 Å². The smallest absolute Gasteiger partial charge is 0.277 e. The highest BCUT2D eigenvalue weighted by atomic mass is 35.5. The summed E-state index contributed by atoms with van der Waals surface area (Å²) in [5, 5.41) is 5.93. The minimum Gasteiger partial charge on any atom is -0.358 e. The van der Waals surface area contributed by atoms with Crippen LogP contribution in [0, 0.1) is 20.8 Å². The molecule has 0 aliphatic rings. The Kier molecular flexibility index (Phi) is 7.46. The van der Waals surface area contributed by atoms with Crippen LogP contribution in [0.1, 0.15) is 55.0 Å². The number of nitrogens with one attached hydrogen (secondary N) is 1. The quantitative estimate of drug-likeness (QED) is 0.319. The number of carbonyl (C=O) groups is 1. The molecule has 0 spiro atoms. The second-order valence-corrected chi connectivity index (χ2v) is 10.7. The number of rotatable bonds is 7. The second-order valence-electron chi connectivity index (χ2n) is 10.3. The SMILES string of the molecule is CONC(=O)C(OC(C)(C)C)c1c(C)nc2c(c(C)c(C)n2Cc2cnn(C)c2)c1-c1ccc(Cl)cc1. The molecule has 1 amide bonds. The van der Waals surface area contributed by atoms with E-state index in [0.717, 1.165) is 39.0 Å². The van der Waals surface area contributed by atoms with Gasteiger partial charge in [-0.1, -0.05) is 23.7 Å². The molecule has 8 nitrogen and oxygen atoms in total. The molecule has 0 fully saturated rings. The molecule has 1 unspecified atom stereocenters. The maximum absolute atomic E-state index is 13.3. The van der Waals surface area contributed by atoms with E-state index in [1.54, 1.807) is 4.68 Å². The Bertz CT molecular complexity index is 1450.